The highest BCUT2D eigenvalue weighted by Crippen LogP contribution is 2.11. The maximum absolute atomic E-state index is 12.0. The van der Waals surface area contributed by atoms with Crippen molar-refractivity contribution in [1.29, 1.82) is 0 Å². The van der Waals surface area contributed by atoms with Crippen molar-refractivity contribution in [2.45, 2.75) is 45.3 Å². The van der Waals surface area contributed by atoms with E-state index in [0.717, 1.165) is 0 Å². The van der Waals surface area contributed by atoms with E-state index in [2.05, 4.69) is 10.6 Å². The van der Waals surface area contributed by atoms with Crippen molar-refractivity contribution >= 4 is 29.5 Å². The number of ether oxygens (including phenoxy) is 1. The van der Waals surface area contributed by atoms with Crippen molar-refractivity contribution in [3.63, 3.8) is 0 Å². The molecule has 1 heterocycles. The fourth-order valence-electron chi connectivity index (χ4n) is 2.11. The van der Waals surface area contributed by atoms with E-state index in [0.29, 0.717) is 25.9 Å². The van der Waals surface area contributed by atoms with Crippen LogP contribution in [0.25, 0.3) is 0 Å². The third-order valence-corrected chi connectivity index (χ3v) is 3.36. The number of amides is 3. The van der Waals surface area contributed by atoms with Crippen LogP contribution in [0, 0.1) is 0 Å². The molecule has 1 rings (SSSR count). The van der Waals surface area contributed by atoms with E-state index in [1.54, 1.807) is 25.7 Å². The van der Waals surface area contributed by atoms with Crippen molar-refractivity contribution in [3.05, 3.63) is 0 Å². The molecular formula is C14H24ClN3O4. The van der Waals surface area contributed by atoms with E-state index in [1.165, 1.54) is 0 Å². The maximum Gasteiger partial charge on any atom is 0.408 e. The largest absolute Gasteiger partial charge is 0.444 e. The van der Waals surface area contributed by atoms with Crippen LogP contribution in [0.3, 0.4) is 0 Å². The first-order valence-corrected chi connectivity index (χ1v) is 7.84. The zero-order chi connectivity index (χ0) is 16.8. The molecule has 0 atom stereocenters. The minimum atomic E-state index is -0.606. The lowest BCUT2D eigenvalue weighted by molar-refractivity contribution is -0.131. The number of alkyl halides is 1. The first kappa shape index (κ1) is 18.5. The number of nitrogens with zero attached hydrogens (tertiary/aromatic N) is 1. The molecule has 1 aliphatic rings. The van der Waals surface area contributed by atoms with Gasteiger partial charge in [0.25, 0.3) is 0 Å². The molecule has 1 fully saturated rings. The Hall–Kier alpha value is -1.50. The third kappa shape index (κ3) is 6.98. The van der Waals surface area contributed by atoms with Crippen molar-refractivity contribution in [2.24, 2.45) is 0 Å². The standard InChI is InChI=1S/C14H24ClN3O4/c1-14(2,3)22-13(21)16-9-12(20)18-6-4-10(5-7-18)17-11(19)8-15/h10H,4-9H2,1-3H3,(H,16,21)(H,17,19). The van der Waals surface area contributed by atoms with Gasteiger partial charge in [0.15, 0.2) is 0 Å². The Morgan fingerprint density at radius 3 is 2.32 bits per heavy atom. The number of likely N-dealkylation sites (tertiary alicyclic amines) is 1. The summed E-state index contributed by atoms with van der Waals surface area (Å²) in [6.07, 6.45) is 0.756. The van der Waals surface area contributed by atoms with E-state index in [9.17, 15) is 14.4 Å². The zero-order valence-electron chi connectivity index (χ0n) is 13.3. The molecule has 0 radical (unpaired) electrons. The fourth-order valence-corrected chi connectivity index (χ4v) is 2.19. The van der Waals surface area contributed by atoms with Crippen molar-refractivity contribution in [2.75, 3.05) is 25.5 Å². The lowest BCUT2D eigenvalue weighted by atomic mass is 10.1. The summed E-state index contributed by atoms with van der Waals surface area (Å²) in [6, 6.07) is 0.0501. The van der Waals surface area contributed by atoms with Gasteiger partial charge < -0.3 is 20.3 Å². The number of alkyl carbamates (subject to hydrolysis) is 1. The maximum atomic E-state index is 12.0. The molecule has 1 aliphatic heterocycles. The third-order valence-electron chi connectivity index (χ3n) is 3.12. The Labute approximate surface area is 135 Å². The molecule has 0 bridgehead atoms. The van der Waals surface area contributed by atoms with Gasteiger partial charge >= 0.3 is 6.09 Å². The van der Waals surface area contributed by atoms with Crippen LogP contribution < -0.4 is 10.6 Å². The molecule has 3 amide bonds. The lowest BCUT2D eigenvalue weighted by Gasteiger charge is -2.32. The molecule has 7 nitrogen and oxygen atoms in total. The quantitative estimate of drug-likeness (QED) is 0.747. The van der Waals surface area contributed by atoms with Crippen molar-refractivity contribution in [3.8, 4) is 0 Å². The predicted octanol–water partition coefficient (Wildman–Crippen LogP) is 0.857. The zero-order valence-corrected chi connectivity index (χ0v) is 14.0. The van der Waals surface area contributed by atoms with Crippen LogP contribution in [0.2, 0.25) is 0 Å². The Morgan fingerprint density at radius 1 is 1.23 bits per heavy atom. The SMILES string of the molecule is CC(C)(C)OC(=O)NCC(=O)N1CCC(NC(=O)CCl)CC1. The van der Waals surface area contributed by atoms with Crippen LogP contribution in [0.5, 0.6) is 0 Å². The van der Waals surface area contributed by atoms with Crippen LogP contribution in [0.15, 0.2) is 0 Å². The first-order valence-electron chi connectivity index (χ1n) is 7.31. The van der Waals surface area contributed by atoms with Crippen LogP contribution in [-0.4, -0.2) is 60.0 Å². The highest BCUT2D eigenvalue weighted by molar-refractivity contribution is 6.27. The Bertz CT molecular complexity index is 415. The summed E-state index contributed by atoms with van der Waals surface area (Å²) < 4.78 is 5.07. The van der Waals surface area contributed by atoms with Gasteiger partial charge in [-0.25, -0.2) is 4.79 Å². The lowest BCUT2D eigenvalue weighted by Crippen LogP contribution is -2.49. The number of hydrogen-bond donors (Lipinski definition) is 2. The highest BCUT2D eigenvalue weighted by Gasteiger charge is 2.24. The minimum absolute atomic E-state index is 0.0501. The predicted molar refractivity (Wildman–Crippen MR) is 82.7 cm³/mol. The van der Waals surface area contributed by atoms with Gasteiger partial charge in [0.1, 0.15) is 18.0 Å². The van der Waals surface area contributed by atoms with E-state index < -0.39 is 11.7 Å². The van der Waals surface area contributed by atoms with E-state index in [1.807, 2.05) is 0 Å². The summed E-state index contributed by atoms with van der Waals surface area (Å²) in [5, 5.41) is 5.25. The van der Waals surface area contributed by atoms with Crippen LogP contribution in [0.4, 0.5) is 4.79 Å². The fraction of sp³-hybridized carbons (Fsp3) is 0.786. The van der Waals surface area contributed by atoms with E-state index >= 15 is 0 Å². The number of carbonyl (C=O) groups excluding carboxylic acids is 3. The molecule has 0 aromatic rings. The molecule has 22 heavy (non-hydrogen) atoms. The summed E-state index contributed by atoms with van der Waals surface area (Å²) in [7, 11) is 0. The second kappa shape index (κ2) is 8.22. The summed E-state index contributed by atoms with van der Waals surface area (Å²) >= 11 is 5.44. The second-order valence-corrected chi connectivity index (χ2v) is 6.48. The number of nitrogens with one attached hydrogen (secondary N) is 2. The van der Waals surface area contributed by atoms with Gasteiger partial charge in [-0.1, -0.05) is 0 Å². The summed E-state index contributed by atoms with van der Waals surface area (Å²) in [6.45, 7) is 6.27. The molecule has 0 spiro atoms. The highest BCUT2D eigenvalue weighted by atomic mass is 35.5. The van der Waals surface area contributed by atoms with E-state index in [-0.39, 0.29) is 30.3 Å². The Balaban J connectivity index is 2.28. The molecule has 0 aromatic carbocycles. The van der Waals surface area contributed by atoms with Gasteiger partial charge in [-0.2, -0.15) is 0 Å². The smallest absolute Gasteiger partial charge is 0.408 e. The summed E-state index contributed by atoms with van der Waals surface area (Å²) in [5.41, 5.74) is -0.591. The van der Waals surface area contributed by atoms with Crippen molar-refractivity contribution < 1.29 is 19.1 Å². The van der Waals surface area contributed by atoms with Crippen LogP contribution in [-0.2, 0) is 14.3 Å². The first-order chi connectivity index (χ1) is 10.2. The molecule has 8 heteroatoms. The van der Waals surface area contributed by atoms with Crippen molar-refractivity contribution in [1.82, 2.24) is 15.5 Å². The monoisotopic (exact) mass is 333 g/mol. The molecule has 0 aliphatic carbocycles. The van der Waals surface area contributed by atoms with Gasteiger partial charge in [0, 0.05) is 19.1 Å². The average molecular weight is 334 g/mol. The second-order valence-electron chi connectivity index (χ2n) is 6.21. The Morgan fingerprint density at radius 2 is 1.82 bits per heavy atom. The van der Waals surface area contributed by atoms with Gasteiger partial charge in [-0.05, 0) is 33.6 Å². The van der Waals surface area contributed by atoms with Crippen LogP contribution in [0.1, 0.15) is 33.6 Å². The molecular weight excluding hydrogens is 310 g/mol. The number of carbonyl (C=O) groups is 3. The van der Waals surface area contributed by atoms with E-state index in [4.69, 9.17) is 16.3 Å². The molecule has 1 saturated heterocycles. The molecule has 0 aromatic heterocycles. The molecule has 2 N–H and O–H groups in total. The topological polar surface area (TPSA) is 87.7 Å². The number of hydrogen-bond acceptors (Lipinski definition) is 4. The van der Waals surface area contributed by atoms with Gasteiger partial charge in [0.2, 0.25) is 11.8 Å². The molecule has 0 saturated carbocycles. The number of piperidine rings is 1. The van der Waals surface area contributed by atoms with Gasteiger partial charge in [-0.3, -0.25) is 9.59 Å². The van der Waals surface area contributed by atoms with Gasteiger partial charge in [0.05, 0.1) is 0 Å². The summed E-state index contributed by atoms with van der Waals surface area (Å²) in [5.74, 6) is -0.412. The van der Waals surface area contributed by atoms with Crippen LogP contribution >= 0.6 is 11.6 Å². The molecule has 126 valence electrons. The summed E-state index contributed by atoms with van der Waals surface area (Å²) in [4.78, 5) is 36.4. The number of halogens is 1. The number of rotatable bonds is 4. The van der Waals surface area contributed by atoms with Gasteiger partial charge in [-0.15, -0.1) is 11.6 Å². The Kier molecular flexibility index (Phi) is 6.93. The normalized spacial score (nSPS) is 16.1. The minimum Gasteiger partial charge on any atom is -0.444 e. The average Bonchev–Trinajstić information content (AvgIpc) is 2.43. The molecule has 0 unspecified atom stereocenters.